The van der Waals surface area contributed by atoms with Crippen molar-refractivity contribution in [2.45, 2.75) is 11.3 Å². The van der Waals surface area contributed by atoms with Crippen LogP contribution >= 0.6 is 11.8 Å². The molecule has 0 aliphatic heterocycles. The molecule has 30 heavy (non-hydrogen) atoms. The van der Waals surface area contributed by atoms with Gasteiger partial charge in [0.1, 0.15) is 5.82 Å². The number of hydrogen-bond acceptors (Lipinski definition) is 5. The summed E-state index contributed by atoms with van der Waals surface area (Å²) in [5.74, 6) is 0.444. The highest BCUT2D eigenvalue weighted by Crippen LogP contribution is 2.27. The van der Waals surface area contributed by atoms with Crippen LogP contribution in [0.3, 0.4) is 0 Å². The third-order valence-corrected chi connectivity index (χ3v) is 4.65. The number of nitrogens with zero attached hydrogens (tertiary/aromatic N) is 3. The second-order valence-electron chi connectivity index (χ2n) is 5.95. The van der Waals surface area contributed by atoms with E-state index in [4.69, 9.17) is 0 Å². The second kappa shape index (κ2) is 9.61. The Bertz CT molecular complexity index is 978. The number of halogens is 4. The molecule has 0 atom stereocenters. The standard InChI is InChI=1S/C19H16F4N4O2S/c20-14-8-6-13(7-9-14)16-25-26-17(27(16)15-4-2-1-3-5-15)30-11-10-24-18(28)29-12-19(21,22)23/h1-9H,10-12H2,(H,24,28). The lowest BCUT2D eigenvalue weighted by Crippen LogP contribution is -2.30. The molecule has 0 saturated heterocycles. The SMILES string of the molecule is O=C(NCCSc1nnc(-c2ccc(F)cc2)n1-c1ccccc1)OCC(F)(F)F. The number of hydrogen-bond donors (Lipinski definition) is 1. The quantitative estimate of drug-likeness (QED) is 0.334. The van der Waals surface area contributed by atoms with Gasteiger partial charge in [0.15, 0.2) is 17.6 Å². The molecule has 1 aromatic heterocycles. The molecular formula is C19H16F4N4O2S. The van der Waals surface area contributed by atoms with E-state index in [1.807, 2.05) is 30.3 Å². The number of nitrogens with one attached hydrogen (secondary N) is 1. The highest BCUT2D eigenvalue weighted by Gasteiger charge is 2.29. The molecule has 0 spiro atoms. The summed E-state index contributed by atoms with van der Waals surface area (Å²) in [6.45, 7) is -1.58. The molecule has 0 bridgehead atoms. The van der Waals surface area contributed by atoms with E-state index in [0.29, 0.717) is 22.3 Å². The molecular weight excluding hydrogens is 424 g/mol. The van der Waals surface area contributed by atoms with Gasteiger partial charge in [-0.15, -0.1) is 10.2 Å². The van der Waals surface area contributed by atoms with Crippen molar-refractivity contribution in [3.05, 3.63) is 60.4 Å². The Balaban J connectivity index is 1.69. The number of amides is 1. The Morgan fingerprint density at radius 2 is 1.77 bits per heavy atom. The van der Waals surface area contributed by atoms with E-state index >= 15 is 0 Å². The Morgan fingerprint density at radius 1 is 1.07 bits per heavy atom. The summed E-state index contributed by atoms with van der Waals surface area (Å²) in [6.07, 6.45) is -5.72. The van der Waals surface area contributed by atoms with Gasteiger partial charge < -0.3 is 10.1 Å². The van der Waals surface area contributed by atoms with E-state index in [0.717, 1.165) is 5.69 Å². The maximum absolute atomic E-state index is 13.3. The molecule has 6 nitrogen and oxygen atoms in total. The van der Waals surface area contributed by atoms with Crippen LogP contribution in [-0.2, 0) is 4.74 Å². The molecule has 1 heterocycles. The first-order chi connectivity index (χ1) is 14.3. The first-order valence-electron chi connectivity index (χ1n) is 8.70. The van der Waals surface area contributed by atoms with E-state index < -0.39 is 18.9 Å². The summed E-state index contributed by atoms with van der Waals surface area (Å²) in [5, 5.41) is 11.1. The van der Waals surface area contributed by atoms with Gasteiger partial charge in [0.2, 0.25) is 0 Å². The Kier molecular flexibility index (Phi) is 6.93. The molecule has 1 N–H and O–H groups in total. The highest BCUT2D eigenvalue weighted by molar-refractivity contribution is 7.99. The zero-order valence-electron chi connectivity index (χ0n) is 15.4. The van der Waals surface area contributed by atoms with Crippen LogP contribution < -0.4 is 5.32 Å². The molecule has 11 heteroatoms. The number of alkyl halides is 3. The van der Waals surface area contributed by atoms with Gasteiger partial charge in [0.05, 0.1) is 0 Å². The van der Waals surface area contributed by atoms with E-state index in [1.54, 1.807) is 16.7 Å². The number of carbonyl (C=O) groups is 1. The molecule has 1 amide bonds. The van der Waals surface area contributed by atoms with E-state index in [-0.39, 0.29) is 12.4 Å². The van der Waals surface area contributed by atoms with Crippen LogP contribution in [0.15, 0.2) is 59.8 Å². The zero-order chi connectivity index (χ0) is 21.6. The minimum absolute atomic E-state index is 0.0644. The van der Waals surface area contributed by atoms with E-state index in [1.165, 1.54) is 23.9 Å². The van der Waals surface area contributed by atoms with Gasteiger partial charge in [-0.2, -0.15) is 13.2 Å². The summed E-state index contributed by atoms with van der Waals surface area (Å²) in [6, 6.07) is 15.1. The van der Waals surface area contributed by atoms with E-state index in [2.05, 4.69) is 20.3 Å². The number of para-hydroxylation sites is 1. The van der Waals surface area contributed by atoms with Crippen LogP contribution in [0, 0.1) is 5.82 Å². The van der Waals surface area contributed by atoms with Crippen LogP contribution in [0.25, 0.3) is 17.1 Å². The van der Waals surface area contributed by atoms with Gasteiger partial charge in [-0.3, -0.25) is 4.57 Å². The molecule has 0 radical (unpaired) electrons. The van der Waals surface area contributed by atoms with Gasteiger partial charge >= 0.3 is 12.3 Å². The van der Waals surface area contributed by atoms with Crippen LogP contribution in [-0.4, -0.2) is 45.9 Å². The number of thioether (sulfide) groups is 1. The zero-order valence-corrected chi connectivity index (χ0v) is 16.2. The van der Waals surface area contributed by atoms with Gasteiger partial charge in [-0.1, -0.05) is 30.0 Å². The lowest BCUT2D eigenvalue weighted by atomic mass is 10.2. The van der Waals surface area contributed by atoms with Crippen molar-refractivity contribution in [3.63, 3.8) is 0 Å². The monoisotopic (exact) mass is 440 g/mol. The maximum atomic E-state index is 13.3. The fraction of sp³-hybridized carbons (Fsp3) is 0.211. The number of benzene rings is 2. The van der Waals surface area contributed by atoms with Crippen molar-refractivity contribution in [2.75, 3.05) is 18.9 Å². The predicted molar refractivity (Wildman–Crippen MR) is 103 cm³/mol. The fourth-order valence-electron chi connectivity index (χ4n) is 2.45. The molecule has 2 aromatic carbocycles. The molecule has 3 rings (SSSR count). The van der Waals surface area contributed by atoms with Crippen molar-refractivity contribution >= 4 is 17.9 Å². The van der Waals surface area contributed by atoms with Crippen LogP contribution in [0.2, 0.25) is 0 Å². The topological polar surface area (TPSA) is 69.0 Å². The smallest absolute Gasteiger partial charge is 0.422 e. The maximum Gasteiger partial charge on any atom is 0.422 e. The molecule has 0 fully saturated rings. The summed E-state index contributed by atoms with van der Waals surface area (Å²) >= 11 is 1.25. The largest absolute Gasteiger partial charge is 0.440 e. The lowest BCUT2D eigenvalue weighted by Gasteiger charge is -2.11. The normalized spacial score (nSPS) is 11.3. The van der Waals surface area contributed by atoms with Gasteiger partial charge in [-0.25, -0.2) is 9.18 Å². The first-order valence-corrected chi connectivity index (χ1v) is 9.69. The van der Waals surface area contributed by atoms with E-state index in [9.17, 15) is 22.4 Å². The second-order valence-corrected chi connectivity index (χ2v) is 7.01. The minimum atomic E-state index is -4.57. The van der Waals surface area contributed by atoms with Crippen LogP contribution in [0.4, 0.5) is 22.4 Å². The predicted octanol–water partition coefficient (Wildman–Crippen LogP) is 4.45. The molecule has 3 aromatic rings. The summed E-state index contributed by atoms with van der Waals surface area (Å²) < 4.78 is 55.3. The first kappa shape index (κ1) is 21.6. The van der Waals surface area contributed by atoms with Crippen molar-refractivity contribution in [1.29, 1.82) is 0 Å². The van der Waals surface area contributed by atoms with Gasteiger partial charge in [0.25, 0.3) is 0 Å². The third-order valence-electron chi connectivity index (χ3n) is 3.72. The number of alkyl carbamates (subject to hydrolysis) is 1. The van der Waals surface area contributed by atoms with Crippen molar-refractivity contribution in [2.24, 2.45) is 0 Å². The van der Waals surface area contributed by atoms with Crippen molar-refractivity contribution in [3.8, 4) is 17.1 Å². The molecule has 158 valence electrons. The average Bonchev–Trinajstić information content (AvgIpc) is 3.14. The van der Waals surface area contributed by atoms with Crippen LogP contribution in [0.1, 0.15) is 0 Å². The average molecular weight is 440 g/mol. The minimum Gasteiger partial charge on any atom is -0.440 e. The Morgan fingerprint density at radius 3 is 2.43 bits per heavy atom. The van der Waals surface area contributed by atoms with Crippen molar-refractivity contribution in [1.82, 2.24) is 20.1 Å². The van der Waals surface area contributed by atoms with Gasteiger partial charge in [-0.05, 0) is 36.4 Å². The highest BCUT2D eigenvalue weighted by atomic mass is 32.2. The Hall–Kier alpha value is -3.08. The summed E-state index contributed by atoms with van der Waals surface area (Å²) in [4.78, 5) is 11.3. The summed E-state index contributed by atoms with van der Waals surface area (Å²) in [7, 11) is 0. The third kappa shape index (κ3) is 5.96. The number of carbonyl (C=O) groups excluding carboxylic acids is 1. The van der Waals surface area contributed by atoms with Crippen molar-refractivity contribution < 1.29 is 27.1 Å². The fourth-order valence-corrected chi connectivity index (χ4v) is 3.26. The number of aromatic nitrogens is 3. The number of rotatable bonds is 7. The lowest BCUT2D eigenvalue weighted by molar-refractivity contribution is -0.160. The molecule has 0 unspecified atom stereocenters. The van der Waals surface area contributed by atoms with Gasteiger partial charge in [0, 0.05) is 23.5 Å². The molecule has 0 aliphatic carbocycles. The van der Waals surface area contributed by atoms with Crippen LogP contribution in [0.5, 0.6) is 0 Å². The Labute approximate surface area is 173 Å². The summed E-state index contributed by atoms with van der Waals surface area (Å²) in [5.41, 5.74) is 1.44. The number of ether oxygens (including phenoxy) is 1. The molecule has 0 aliphatic rings. The molecule has 0 saturated carbocycles.